The number of hydrogen-bond acceptors (Lipinski definition) is 6. The van der Waals surface area contributed by atoms with E-state index in [4.69, 9.17) is 9.47 Å². The summed E-state index contributed by atoms with van der Waals surface area (Å²) < 4.78 is 10.7. The maximum Gasteiger partial charge on any atom is 0.334 e. The lowest BCUT2D eigenvalue weighted by Crippen LogP contribution is -2.35. The molecule has 2 rings (SSSR count). The van der Waals surface area contributed by atoms with E-state index in [9.17, 15) is 19.8 Å². The lowest BCUT2D eigenvalue weighted by molar-refractivity contribution is -0.146. The number of ether oxygens (including phenoxy) is 2. The van der Waals surface area contributed by atoms with Crippen LogP contribution in [-0.2, 0) is 19.1 Å². The van der Waals surface area contributed by atoms with E-state index in [-0.39, 0.29) is 18.4 Å². The normalized spacial score (nSPS) is 36.2. The Kier molecular flexibility index (Phi) is 5.41. The van der Waals surface area contributed by atoms with Gasteiger partial charge in [0.1, 0.15) is 12.2 Å². The second kappa shape index (κ2) is 7.15. The monoisotopic (exact) mass is 334 g/mol. The van der Waals surface area contributed by atoms with Gasteiger partial charge in [-0.2, -0.15) is 0 Å². The van der Waals surface area contributed by atoms with Crippen molar-refractivity contribution in [2.24, 2.45) is 5.92 Å². The molecule has 0 bridgehead atoms. The van der Waals surface area contributed by atoms with Crippen LogP contribution in [0.25, 0.3) is 0 Å². The lowest BCUT2D eigenvalue weighted by atomic mass is 9.83. The van der Waals surface area contributed by atoms with Crippen molar-refractivity contribution in [3.8, 4) is 0 Å². The van der Waals surface area contributed by atoms with Crippen molar-refractivity contribution in [2.45, 2.75) is 44.2 Å². The zero-order valence-electron chi connectivity index (χ0n) is 13.6. The smallest absolute Gasteiger partial charge is 0.334 e. The summed E-state index contributed by atoms with van der Waals surface area (Å²) in [6, 6.07) is 0. The van der Waals surface area contributed by atoms with Crippen molar-refractivity contribution in [2.75, 3.05) is 0 Å². The third kappa shape index (κ3) is 3.66. The number of aliphatic hydroxyl groups is 2. The van der Waals surface area contributed by atoms with Gasteiger partial charge < -0.3 is 19.7 Å². The highest BCUT2D eigenvalue weighted by molar-refractivity contribution is 5.91. The number of aliphatic hydroxyl groups excluding tert-OH is 2. The Bertz CT molecular complexity index is 617. The van der Waals surface area contributed by atoms with Crippen molar-refractivity contribution in [3.05, 3.63) is 48.6 Å². The van der Waals surface area contributed by atoms with Crippen molar-refractivity contribution in [1.29, 1.82) is 0 Å². The Morgan fingerprint density at radius 3 is 2.67 bits per heavy atom. The van der Waals surface area contributed by atoms with Gasteiger partial charge in [0.15, 0.2) is 0 Å². The molecule has 2 aliphatic rings. The van der Waals surface area contributed by atoms with Crippen LogP contribution in [0.3, 0.4) is 0 Å². The molecule has 6 nitrogen and oxygen atoms in total. The van der Waals surface area contributed by atoms with E-state index in [0.717, 1.165) is 6.08 Å². The summed E-state index contributed by atoms with van der Waals surface area (Å²) in [6.07, 6.45) is -0.508. The maximum atomic E-state index is 11.9. The molecule has 0 amide bonds. The second-order valence-corrected chi connectivity index (χ2v) is 6.14. The first kappa shape index (κ1) is 18.2. The van der Waals surface area contributed by atoms with Gasteiger partial charge in [0.2, 0.25) is 0 Å². The minimum atomic E-state index is -0.962. The van der Waals surface area contributed by atoms with Crippen molar-refractivity contribution < 1.29 is 29.3 Å². The Morgan fingerprint density at radius 2 is 2.04 bits per heavy atom. The average molecular weight is 334 g/mol. The van der Waals surface area contributed by atoms with Crippen LogP contribution in [0.4, 0.5) is 0 Å². The van der Waals surface area contributed by atoms with Crippen LogP contribution in [0.5, 0.6) is 0 Å². The predicted molar refractivity (Wildman–Crippen MR) is 86.7 cm³/mol. The fraction of sp³-hybridized carbons (Fsp3) is 0.444. The molecule has 2 N–H and O–H groups in total. The number of hydrogen-bond donors (Lipinski definition) is 2. The van der Waals surface area contributed by atoms with Crippen LogP contribution >= 0.6 is 0 Å². The Hall–Kier alpha value is -2.18. The first-order chi connectivity index (χ1) is 11.2. The molecule has 1 fully saturated rings. The minimum absolute atomic E-state index is 0.0651. The molecule has 130 valence electrons. The molecule has 0 saturated carbocycles. The molecule has 1 aliphatic heterocycles. The summed E-state index contributed by atoms with van der Waals surface area (Å²) in [5.74, 6) is -1.84. The second-order valence-electron chi connectivity index (χ2n) is 6.14. The standard InChI is InChI=1S/C18H22O6/c1-5-16(21)23-14-6-9(2)12(19)8-13(20)10(3)7-15-17(14)11(4)18(22)24-15/h5,7,12-15,17,19-20H,1-2,4,6,8H2,3H3/b10-7-/t12-,13?,14?,15-,17-/m0/s1. The molecular formula is C18H22O6. The summed E-state index contributed by atoms with van der Waals surface area (Å²) in [5.41, 5.74) is 1.13. The first-order valence-electron chi connectivity index (χ1n) is 7.69. The molecule has 5 atom stereocenters. The Labute approximate surface area is 140 Å². The van der Waals surface area contributed by atoms with Crippen LogP contribution in [0.2, 0.25) is 0 Å². The third-order valence-corrected chi connectivity index (χ3v) is 4.43. The van der Waals surface area contributed by atoms with Gasteiger partial charge in [0, 0.05) is 24.5 Å². The number of esters is 2. The number of carbonyl (C=O) groups excluding carboxylic acids is 2. The van der Waals surface area contributed by atoms with E-state index in [2.05, 4.69) is 19.7 Å². The highest BCUT2D eigenvalue weighted by atomic mass is 16.6. The zero-order valence-corrected chi connectivity index (χ0v) is 13.6. The summed E-state index contributed by atoms with van der Waals surface area (Å²) in [7, 11) is 0. The first-order valence-corrected chi connectivity index (χ1v) is 7.69. The quantitative estimate of drug-likeness (QED) is 0.448. The van der Waals surface area contributed by atoms with Crippen LogP contribution in [0.15, 0.2) is 48.6 Å². The van der Waals surface area contributed by atoms with E-state index in [1.54, 1.807) is 13.0 Å². The predicted octanol–water partition coefficient (Wildman–Crippen LogP) is 1.20. The summed E-state index contributed by atoms with van der Waals surface area (Å²) >= 11 is 0. The molecular weight excluding hydrogens is 312 g/mol. The van der Waals surface area contributed by atoms with E-state index in [1.165, 1.54) is 0 Å². The molecule has 0 spiro atoms. The molecule has 1 aliphatic carbocycles. The maximum absolute atomic E-state index is 11.9. The van der Waals surface area contributed by atoms with Gasteiger partial charge in [-0.05, 0) is 24.1 Å². The number of carbonyl (C=O) groups is 2. The zero-order chi connectivity index (χ0) is 18.0. The van der Waals surface area contributed by atoms with Gasteiger partial charge in [-0.3, -0.25) is 0 Å². The van der Waals surface area contributed by atoms with Crippen molar-refractivity contribution in [3.63, 3.8) is 0 Å². The summed E-state index contributed by atoms with van der Waals surface area (Å²) in [4.78, 5) is 23.6. The molecule has 6 heteroatoms. The molecule has 0 aromatic carbocycles. The molecule has 2 unspecified atom stereocenters. The van der Waals surface area contributed by atoms with Gasteiger partial charge in [-0.1, -0.05) is 19.7 Å². The van der Waals surface area contributed by atoms with E-state index in [0.29, 0.717) is 11.1 Å². The third-order valence-electron chi connectivity index (χ3n) is 4.43. The molecule has 0 aromatic rings. The van der Waals surface area contributed by atoms with Crippen LogP contribution in [-0.4, -0.2) is 46.6 Å². The molecule has 1 saturated heterocycles. The lowest BCUT2D eigenvalue weighted by Gasteiger charge is -2.30. The number of fused-ring (bicyclic) bond motifs is 1. The van der Waals surface area contributed by atoms with Gasteiger partial charge in [-0.15, -0.1) is 0 Å². The minimum Gasteiger partial charge on any atom is -0.458 e. The Morgan fingerprint density at radius 1 is 1.38 bits per heavy atom. The van der Waals surface area contributed by atoms with Crippen molar-refractivity contribution in [1.82, 2.24) is 0 Å². The van der Waals surface area contributed by atoms with Crippen LogP contribution < -0.4 is 0 Å². The van der Waals surface area contributed by atoms with Crippen molar-refractivity contribution >= 4 is 11.9 Å². The molecule has 0 radical (unpaired) electrons. The van der Waals surface area contributed by atoms with Gasteiger partial charge in [-0.25, -0.2) is 9.59 Å². The van der Waals surface area contributed by atoms with E-state index in [1.807, 2.05) is 0 Å². The summed E-state index contributed by atoms with van der Waals surface area (Å²) in [5, 5.41) is 20.3. The fourth-order valence-electron chi connectivity index (χ4n) is 2.95. The molecule has 0 aromatic heterocycles. The number of rotatable bonds is 2. The van der Waals surface area contributed by atoms with Gasteiger partial charge in [0.05, 0.1) is 18.1 Å². The highest BCUT2D eigenvalue weighted by Crippen LogP contribution is 2.37. The fourth-order valence-corrected chi connectivity index (χ4v) is 2.95. The van der Waals surface area contributed by atoms with E-state index < -0.39 is 42.3 Å². The van der Waals surface area contributed by atoms with Gasteiger partial charge in [0.25, 0.3) is 0 Å². The molecule has 1 heterocycles. The largest absolute Gasteiger partial charge is 0.458 e. The van der Waals surface area contributed by atoms with E-state index >= 15 is 0 Å². The Balaban J connectivity index is 2.45. The SMILES string of the molecule is C=CC(=O)OC1CC(=C)[C@@H](O)CC(O)/C(C)=C\[C@@H]2OC(=O)C(=C)[C@@H]12. The topological polar surface area (TPSA) is 93.1 Å². The summed E-state index contributed by atoms with van der Waals surface area (Å²) in [6.45, 7) is 12.6. The average Bonchev–Trinajstić information content (AvgIpc) is 2.79. The van der Waals surface area contributed by atoms with Crippen LogP contribution in [0.1, 0.15) is 19.8 Å². The van der Waals surface area contributed by atoms with Crippen LogP contribution in [0, 0.1) is 5.92 Å². The van der Waals surface area contributed by atoms with Gasteiger partial charge >= 0.3 is 11.9 Å². The molecule has 24 heavy (non-hydrogen) atoms. The highest BCUT2D eigenvalue weighted by Gasteiger charge is 2.45.